The molecule has 0 aromatic carbocycles. The van der Waals surface area contributed by atoms with Crippen LogP contribution in [0.5, 0.6) is 0 Å². The Kier molecular flexibility index (Phi) is 4.90. The lowest BCUT2D eigenvalue weighted by molar-refractivity contribution is -0.141. The molecule has 5 nitrogen and oxygen atoms in total. The van der Waals surface area contributed by atoms with E-state index in [9.17, 15) is 13.2 Å². The van der Waals surface area contributed by atoms with E-state index >= 15 is 0 Å². The van der Waals surface area contributed by atoms with Gasteiger partial charge in [0, 0.05) is 48.9 Å². The van der Waals surface area contributed by atoms with Crippen LogP contribution < -0.4 is 0 Å². The van der Waals surface area contributed by atoms with Crippen LogP contribution in [0, 0.1) is 5.92 Å². The van der Waals surface area contributed by atoms with Gasteiger partial charge in [-0.05, 0) is 19.4 Å². The Morgan fingerprint density at radius 2 is 2.04 bits per heavy atom. The zero-order chi connectivity index (χ0) is 19.1. The van der Waals surface area contributed by atoms with Gasteiger partial charge in [-0.1, -0.05) is 20.8 Å². The quantitative estimate of drug-likeness (QED) is 0.896. The first-order valence-corrected chi connectivity index (χ1v) is 8.88. The highest BCUT2D eigenvalue weighted by atomic mass is 19.4. The minimum absolute atomic E-state index is 0.00276. The average Bonchev–Trinajstić information content (AvgIpc) is 3.11. The molecule has 0 aliphatic carbocycles. The normalized spacial score (nSPS) is 18.4. The first kappa shape index (κ1) is 18.9. The molecule has 2 aromatic rings. The minimum Gasteiger partial charge on any atom is -0.334 e. The molecule has 1 aliphatic rings. The van der Waals surface area contributed by atoms with Crippen LogP contribution >= 0.6 is 0 Å². The molecule has 3 rings (SSSR count). The third kappa shape index (κ3) is 4.11. The number of aromatic nitrogens is 4. The number of hydrogen-bond donors (Lipinski definition) is 1. The van der Waals surface area contributed by atoms with E-state index in [4.69, 9.17) is 0 Å². The van der Waals surface area contributed by atoms with Crippen molar-refractivity contribution < 1.29 is 13.2 Å². The highest BCUT2D eigenvalue weighted by Gasteiger charge is 2.35. The van der Waals surface area contributed by atoms with Crippen LogP contribution in [0.3, 0.4) is 0 Å². The number of nitrogens with zero attached hydrogens (tertiary/aromatic N) is 4. The summed E-state index contributed by atoms with van der Waals surface area (Å²) in [5.74, 6) is 0.855. The standard InChI is InChI=1S/C18H26F3N5/c1-17(2,3)16-13(7-22-24-16)10-25(4)8-12-5-6-15-23-14(18(19,20)21)11-26(15)9-12/h7,11-12H,5-6,8-10H2,1-4H3,(H,22,24). The van der Waals surface area contributed by atoms with Crippen molar-refractivity contribution >= 4 is 0 Å². The topological polar surface area (TPSA) is 49.7 Å². The summed E-state index contributed by atoms with van der Waals surface area (Å²) in [6.45, 7) is 8.61. The fourth-order valence-electron chi connectivity index (χ4n) is 3.68. The molecule has 0 radical (unpaired) electrons. The monoisotopic (exact) mass is 369 g/mol. The van der Waals surface area contributed by atoms with E-state index in [1.54, 1.807) is 4.57 Å². The summed E-state index contributed by atoms with van der Waals surface area (Å²) in [7, 11) is 2.05. The Balaban J connectivity index is 1.62. The number of rotatable bonds is 4. The maximum absolute atomic E-state index is 12.8. The zero-order valence-corrected chi connectivity index (χ0v) is 15.7. The van der Waals surface area contributed by atoms with Crippen LogP contribution in [0.15, 0.2) is 12.4 Å². The summed E-state index contributed by atoms with van der Waals surface area (Å²) in [6.07, 6.45) is 0.0851. The number of imidazole rings is 1. The third-order valence-electron chi connectivity index (χ3n) is 4.86. The molecule has 8 heteroatoms. The molecule has 0 amide bonds. The third-order valence-corrected chi connectivity index (χ3v) is 4.86. The number of H-pyrrole nitrogens is 1. The lowest BCUT2D eigenvalue weighted by Gasteiger charge is -2.28. The van der Waals surface area contributed by atoms with Gasteiger partial charge < -0.3 is 9.47 Å². The predicted molar refractivity (Wildman–Crippen MR) is 92.7 cm³/mol. The molecular weight excluding hydrogens is 343 g/mol. The average molecular weight is 369 g/mol. The Labute approximate surface area is 151 Å². The molecule has 1 atom stereocenters. The van der Waals surface area contributed by atoms with E-state index < -0.39 is 11.9 Å². The molecule has 0 spiro atoms. The van der Waals surface area contributed by atoms with Crippen molar-refractivity contribution in [1.82, 2.24) is 24.6 Å². The first-order valence-electron chi connectivity index (χ1n) is 8.88. The second-order valence-electron chi connectivity index (χ2n) is 8.31. The Hall–Kier alpha value is -1.83. The van der Waals surface area contributed by atoms with Crippen molar-refractivity contribution in [3.8, 4) is 0 Å². The maximum Gasteiger partial charge on any atom is 0.434 e. The van der Waals surface area contributed by atoms with Gasteiger partial charge in [-0.25, -0.2) is 4.98 Å². The van der Waals surface area contributed by atoms with Crippen LogP contribution in [0.25, 0.3) is 0 Å². The zero-order valence-electron chi connectivity index (χ0n) is 15.7. The second kappa shape index (κ2) is 6.72. The number of alkyl halides is 3. The number of halogens is 3. The Bertz CT molecular complexity index is 754. The lowest BCUT2D eigenvalue weighted by atomic mass is 9.89. The molecule has 0 fully saturated rings. The maximum atomic E-state index is 12.8. The summed E-state index contributed by atoms with van der Waals surface area (Å²) in [4.78, 5) is 5.97. The Morgan fingerprint density at radius 1 is 1.31 bits per heavy atom. The van der Waals surface area contributed by atoms with E-state index in [1.807, 2.05) is 13.2 Å². The minimum atomic E-state index is -4.37. The van der Waals surface area contributed by atoms with Gasteiger partial charge in [0.05, 0.1) is 6.20 Å². The van der Waals surface area contributed by atoms with Crippen LogP contribution in [0.4, 0.5) is 13.2 Å². The van der Waals surface area contributed by atoms with Gasteiger partial charge in [0.25, 0.3) is 0 Å². The van der Waals surface area contributed by atoms with E-state index in [2.05, 4.69) is 40.9 Å². The fourth-order valence-corrected chi connectivity index (χ4v) is 3.68. The number of nitrogens with one attached hydrogen (secondary N) is 1. The summed E-state index contributed by atoms with van der Waals surface area (Å²) in [5, 5.41) is 7.26. The van der Waals surface area contributed by atoms with Crippen molar-refractivity contribution in [2.75, 3.05) is 13.6 Å². The molecule has 1 N–H and O–H groups in total. The molecule has 3 heterocycles. The van der Waals surface area contributed by atoms with E-state index in [-0.39, 0.29) is 5.41 Å². The number of aromatic amines is 1. The van der Waals surface area contributed by atoms with Gasteiger partial charge in [0.15, 0.2) is 5.69 Å². The van der Waals surface area contributed by atoms with Crippen LogP contribution in [-0.4, -0.2) is 38.2 Å². The largest absolute Gasteiger partial charge is 0.434 e. The van der Waals surface area contributed by atoms with Gasteiger partial charge in [-0.15, -0.1) is 0 Å². The summed E-state index contributed by atoms with van der Waals surface area (Å²) >= 11 is 0. The van der Waals surface area contributed by atoms with E-state index in [1.165, 1.54) is 5.56 Å². The van der Waals surface area contributed by atoms with Gasteiger partial charge in [0.2, 0.25) is 0 Å². The van der Waals surface area contributed by atoms with Crippen molar-refractivity contribution in [3.05, 3.63) is 35.2 Å². The van der Waals surface area contributed by atoms with Gasteiger partial charge >= 0.3 is 6.18 Å². The number of fused-ring (bicyclic) bond motifs is 1. The molecule has 0 saturated heterocycles. The predicted octanol–water partition coefficient (Wildman–Crippen LogP) is 3.62. The summed E-state index contributed by atoms with van der Waals surface area (Å²) in [6, 6.07) is 0. The molecule has 2 aromatic heterocycles. The second-order valence-corrected chi connectivity index (χ2v) is 8.31. The summed E-state index contributed by atoms with van der Waals surface area (Å²) < 4.78 is 40.2. The number of aryl methyl sites for hydroxylation is 1. The number of hydrogen-bond acceptors (Lipinski definition) is 3. The van der Waals surface area contributed by atoms with Crippen LogP contribution in [-0.2, 0) is 31.1 Å². The van der Waals surface area contributed by atoms with Gasteiger partial charge in [-0.2, -0.15) is 18.3 Å². The summed E-state index contributed by atoms with van der Waals surface area (Å²) in [5.41, 5.74) is 1.50. The molecule has 0 bridgehead atoms. The highest BCUT2D eigenvalue weighted by Crippen LogP contribution is 2.31. The van der Waals surface area contributed by atoms with Crippen molar-refractivity contribution in [1.29, 1.82) is 0 Å². The smallest absolute Gasteiger partial charge is 0.334 e. The van der Waals surface area contributed by atoms with Gasteiger partial charge in [-0.3, -0.25) is 5.10 Å². The fraction of sp³-hybridized carbons (Fsp3) is 0.667. The lowest BCUT2D eigenvalue weighted by Crippen LogP contribution is -2.31. The molecule has 1 aliphatic heterocycles. The molecule has 0 saturated carbocycles. The molecule has 144 valence electrons. The molecule has 26 heavy (non-hydrogen) atoms. The van der Waals surface area contributed by atoms with E-state index in [0.29, 0.717) is 24.7 Å². The van der Waals surface area contributed by atoms with Crippen molar-refractivity contribution in [2.24, 2.45) is 5.92 Å². The van der Waals surface area contributed by atoms with Crippen molar-refractivity contribution in [2.45, 2.75) is 58.3 Å². The van der Waals surface area contributed by atoms with Gasteiger partial charge in [0.1, 0.15) is 5.82 Å². The van der Waals surface area contributed by atoms with E-state index in [0.717, 1.165) is 31.4 Å². The first-order chi connectivity index (χ1) is 12.0. The molecule has 1 unspecified atom stereocenters. The van der Waals surface area contributed by atoms with Crippen LogP contribution in [0.2, 0.25) is 0 Å². The SMILES string of the molecule is CN(Cc1cn[nH]c1C(C)(C)C)CC1CCc2nc(C(F)(F)F)cn2C1. The Morgan fingerprint density at radius 3 is 2.69 bits per heavy atom. The van der Waals surface area contributed by atoms with Crippen LogP contribution in [0.1, 0.15) is 50.0 Å². The highest BCUT2D eigenvalue weighted by molar-refractivity contribution is 5.23. The molecular formula is C18H26F3N5. The van der Waals surface area contributed by atoms with Crippen molar-refractivity contribution in [3.63, 3.8) is 0 Å².